The van der Waals surface area contributed by atoms with Crippen molar-refractivity contribution in [3.05, 3.63) is 50.6 Å². The lowest BCUT2D eigenvalue weighted by Gasteiger charge is -2.16. The van der Waals surface area contributed by atoms with E-state index in [1.807, 2.05) is 43.3 Å². The molecule has 0 atom stereocenters. The Labute approximate surface area is 131 Å². The third-order valence-electron chi connectivity index (χ3n) is 2.85. The summed E-state index contributed by atoms with van der Waals surface area (Å²) in [7, 11) is 1.79. The monoisotopic (exact) mass is 353 g/mol. The molecule has 0 spiro atoms. The standard InChI is InChI=1S/C15H16BrNO2S/c1-11-3-5-12(6-4-11)19-10-9-17(2)15(18)13-7-8-14(16)20-13/h3-8H,9-10H2,1-2H3. The van der Waals surface area contributed by atoms with Gasteiger partial charge in [-0.2, -0.15) is 0 Å². The van der Waals surface area contributed by atoms with Crippen LogP contribution >= 0.6 is 27.3 Å². The molecular formula is C15H16BrNO2S. The molecule has 2 aromatic rings. The number of aryl methyl sites for hydroxylation is 1. The SMILES string of the molecule is Cc1ccc(OCCN(C)C(=O)c2ccc(Br)s2)cc1. The van der Waals surface area contributed by atoms with Crippen LogP contribution in [0.5, 0.6) is 5.75 Å². The van der Waals surface area contributed by atoms with Crippen LogP contribution in [-0.4, -0.2) is 31.0 Å². The minimum atomic E-state index is 0.0215. The van der Waals surface area contributed by atoms with Gasteiger partial charge in [0.15, 0.2) is 0 Å². The van der Waals surface area contributed by atoms with Crippen molar-refractivity contribution >= 4 is 33.2 Å². The Balaban J connectivity index is 1.81. The van der Waals surface area contributed by atoms with E-state index in [0.29, 0.717) is 13.2 Å². The maximum atomic E-state index is 12.1. The maximum absolute atomic E-state index is 12.1. The minimum absolute atomic E-state index is 0.0215. The van der Waals surface area contributed by atoms with E-state index in [-0.39, 0.29) is 5.91 Å². The lowest BCUT2D eigenvalue weighted by Crippen LogP contribution is -2.30. The Morgan fingerprint density at radius 1 is 1.25 bits per heavy atom. The van der Waals surface area contributed by atoms with Crippen LogP contribution in [0.2, 0.25) is 0 Å². The molecule has 1 aromatic carbocycles. The van der Waals surface area contributed by atoms with Crippen LogP contribution in [0, 0.1) is 6.92 Å². The maximum Gasteiger partial charge on any atom is 0.263 e. The van der Waals surface area contributed by atoms with Crippen molar-refractivity contribution in [2.75, 3.05) is 20.2 Å². The zero-order valence-corrected chi connectivity index (χ0v) is 13.8. The zero-order chi connectivity index (χ0) is 14.5. The third-order valence-corrected chi connectivity index (χ3v) is 4.46. The van der Waals surface area contributed by atoms with Crippen molar-refractivity contribution in [3.63, 3.8) is 0 Å². The summed E-state index contributed by atoms with van der Waals surface area (Å²) < 4.78 is 6.59. The Kier molecular flexibility index (Phi) is 5.20. The fraction of sp³-hybridized carbons (Fsp3) is 0.267. The second-order valence-electron chi connectivity index (χ2n) is 4.49. The number of hydrogen-bond acceptors (Lipinski definition) is 3. The normalized spacial score (nSPS) is 10.3. The van der Waals surface area contributed by atoms with E-state index < -0.39 is 0 Å². The van der Waals surface area contributed by atoms with Gasteiger partial charge in [0, 0.05) is 7.05 Å². The first-order valence-corrected chi connectivity index (χ1v) is 7.87. The first-order valence-electron chi connectivity index (χ1n) is 6.26. The molecule has 0 N–H and O–H groups in total. The van der Waals surface area contributed by atoms with E-state index >= 15 is 0 Å². The summed E-state index contributed by atoms with van der Waals surface area (Å²) in [6.07, 6.45) is 0. The molecule has 0 fully saturated rings. The predicted octanol–water partition coefficient (Wildman–Crippen LogP) is 3.97. The van der Waals surface area contributed by atoms with Gasteiger partial charge >= 0.3 is 0 Å². The van der Waals surface area contributed by atoms with Gasteiger partial charge in [0.05, 0.1) is 15.2 Å². The number of rotatable bonds is 5. The van der Waals surface area contributed by atoms with Gasteiger partial charge in [-0.15, -0.1) is 11.3 Å². The predicted molar refractivity (Wildman–Crippen MR) is 85.7 cm³/mol. The second-order valence-corrected chi connectivity index (χ2v) is 6.95. The molecule has 3 nitrogen and oxygen atoms in total. The Morgan fingerprint density at radius 2 is 1.95 bits per heavy atom. The molecule has 0 radical (unpaired) electrons. The van der Waals surface area contributed by atoms with Crippen molar-refractivity contribution in [3.8, 4) is 5.75 Å². The number of ether oxygens (including phenoxy) is 1. The van der Waals surface area contributed by atoms with Crippen LogP contribution in [-0.2, 0) is 0 Å². The quantitative estimate of drug-likeness (QED) is 0.813. The minimum Gasteiger partial charge on any atom is -0.492 e. The fourth-order valence-corrected chi connectivity index (χ4v) is 3.03. The number of hydrogen-bond donors (Lipinski definition) is 0. The van der Waals surface area contributed by atoms with Crippen LogP contribution in [0.3, 0.4) is 0 Å². The van der Waals surface area contributed by atoms with Crippen LogP contribution in [0.25, 0.3) is 0 Å². The number of likely N-dealkylation sites (N-methyl/N-ethyl adjacent to an activating group) is 1. The van der Waals surface area contributed by atoms with E-state index in [4.69, 9.17) is 4.74 Å². The van der Waals surface area contributed by atoms with E-state index in [9.17, 15) is 4.79 Å². The summed E-state index contributed by atoms with van der Waals surface area (Å²) >= 11 is 4.80. The Bertz CT molecular complexity index is 580. The molecule has 20 heavy (non-hydrogen) atoms. The van der Waals surface area contributed by atoms with Gasteiger partial charge in [-0.1, -0.05) is 17.7 Å². The molecule has 0 unspecified atom stereocenters. The topological polar surface area (TPSA) is 29.5 Å². The molecule has 1 heterocycles. The lowest BCUT2D eigenvalue weighted by atomic mass is 10.2. The number of amides is 1. The summed E-state index contributed by atoms with van der Waals surface area (Å²) in [5.41, 5.74) is 1.20. The first kappa shape index (κ1) is 15.1. The number of halogens is 1. The van der Waals surface area contributed by atoms with E-state index in [0.717, 1.165) is 14.4 Å². The average molecular weight is 354 g/mol. The number of thiophene rings is 1. The fourth-order valence-electron chi connectivity index (χ4n) is 1.65. The van der Waals surface area contributed by atoms with Gasteiger partial charge in [-0.05, 0) is 47.1 Å². The summed E-state index contributed by atoms with van der Waals surface area (Å²) in [5.74, 6) is 0.850. The van der Waals surface area contributed by atoms with Crippen molar-refractivity contribution in [2.45, 2.75) is 6.92 Å². The molecule has 0 aliphatic heterocycles. The number of nitrogens with zero attached hydrogens (tertiary/aromatic N) is 1. The van der Waals surface area contributed by atoms with E-state index in [2.05, 4.69) is 15.9 Å². The molecule has 106 valence electrons. The molecule has 1 aromatic heterocycles. The molecule has 0 aliphatic rings. The summed E-state index contributed by atoms with van der Waals surface area (Å²) in [6.45, 7) is 3.08. The van der Waals surface area contributed by atoms with Gasteiger partial charge < -0.3 is 9.64 Å². The van der Waals surface area contributed by atoms with Crippen molar-refractivity contribution < 1.29 is 9.53 Å². The number of carbonyl (C=O) groups excluding carboxylic acids is 1. The average Bonchev–Trinajstić information content (AvgIpc) is 2.86. The molecule has 2 rings (SSSR count). The summed E-state index contributed by atoms with van der Waals surface area (Å²) in [5, 5.41) is 0. The van der Waals surface area contributed by atoms with Gasteiger partial charge in [-0.25, -0.2) is 0 Å². The molecule has 5 heteroatoms. The van der Waals surface area contributed by atoms with Crippen LogP contribution in [0.4, 0.5) is 0 Å². The van der Waals surface area contributed by atoms with Crippen molar-refractivity contribution in [1.82, 2.24) is 4.90 Å². The molecule has 0 saturated heterocycles. The first-order chi connectivity index (χ1) is 9.56. The summed E-state index contributed by atoms with van der Waals surface area (Å²) in [4.78, 5) is 14.5. The Hall–Kier alpha value is -1.33. The molecule has 1 amide bonds. The number of carbonyl (C=O) groups is 1. The van der Waals surface area contributed by atoms with Gasteiger partial charge in [0.1, 0.15) is 12.4 Å². The summed E-state index contributed by atoms with van der Waals surface area (Å²) in [6, 6.07) is 11.6. The van der Waals surface area contributed by atoms with Gasteiger partial charge in [0.25, 0.3) is 5.91 Å². The molecular weight excluding hydrogens is 338 g/mol. The smallest absolute Gasteiger partial charge is 0.263 e. The largest absolute Gasteiger partial charge is 0.492 e. The van der Waals surface area contributed by atoms with Gasteiger partial charge in [0.2, 0.25) is 0 Å². The highest BCUT2D eigenvalue weighted by molar-refractivity contribution is 9.11. The third kappa shape index (κ3) is 4.08. The van der Waals surface area contributed by atoms with Crippen LogP contribution < -0.4 is 4.74 Å². The lowest BCUT2D eigenvalue weighted by molar-refractivity contribution is 0.0778. The van der Waals surface area contributed by atoms with Crippen molar-refractivity contribution in [1.29, 1.82) is 0 Å². The van der Waals surface area contributed by atoms with Crippen molar-refractivity contribution in [2.24, 2.45) is 0 Å². The van der Waals surface area contributed by atoms with E-state index in [1.54, 1.807) is 11.9 Å². The second kappa shape index (κ2) is 6.90. The highest BCUT2D eigenvalue weighted by Gasteiger charge is 2.13. The highest BCUT2D eigenvalue weighted by Crippen LogP contribution is 2.23. The van der Waals surface area contributed by atoms with Crippen LogP contribution in [0.1, 0.15) is 15.2 Å². The van der Waals surface area contributed by atoms with Gasteiger partial charge in [-0.3, -0.25) is 4.79 Å². The molecule has 0 saturated carbocycles. The Morgan fingerprint density at radius 3 is 2.55 bits per heavy atom. The molecule has 0 aliphatic carbocycles. The van der Waals surface area contributed by atoms with E-state index in [1.165, 1.54) is 16.9 Å². The number of benzene rings is 1. The highest BCUT2D eigenvalue weighted by atomic mass is 79.9. The molecule has 0 bridgehead atoms. The van der Waals surface area contributed by atoms with Crippen LogP contribution in [0.15, 0.2) is 40.2 Å². The zero-order valence-electron chi connectivity index (χ0n) is 11.4.